The minimum absolute atomic E-state index is 0.0747. The monoisotopic (exact) mass is 672 g/mol. The van der Waals surface area contributed by atoms with Crippen LogP contribution >= 0.6 is 50.5 Å². The number of carbonyl (C=O) groups is 1. The lowest BCUT2D eigenvalue weighted by atomic mass is 10.1. The van der Waals surface area contributed by atoms with Gasteiger partial charge >= 0.3 is 5.97 Å². The van der Waals surface area contributed by atoms with Gasteiger partial charge in [0.05, 0.1) is 32.3 Å². The van der Waals surface area contributed by atoms with E-state index >= 15 is 0 Å². The molecule has 3 aromatic rings. The Morgan fingerprint density at radius 2 is 1.95 bits per heavy atom. The molecule has 0 bridgehead atoms. The third-order valence-electron chi connectivity index (χ3n) is 6.08. The molecule has 13 heteroatoms. The van der Waals surface area contributed by atoms with Gasteiger partial charge in [-0.15, -0.1) is 11.3 Å². The van der Waals surface area contributed by atoms with E-state index in [2.05, 4.69) is 21.2 Å². The van der Waals surface area contributed by atoms with Crippen LogP contribution in [0.5, 0.6) is 5.75 Å². The number of halogens is 3. The maximum absolute atomic E-state index is 13.0. The fraction of sp³-hybridized carbons (Fsp3) is 0.269. The molecule has 1 N–H and O–H groups in total. The normalized spacial score (nSPS) is 14.5. The number of carbonyl (C=O) groups excluding carboxylic acids is 2. The topological polar surface area (TPSA) is 102 Å². The van der Waals surface area contributed by atoms with Crippen molar-refractivity contribution in [1.82, 2.24) is 4.31 Å². The largest absolute Gasteiger partial charge is 0.465 e. The molecule has 2 aromatic carbocycles. The first-order valence-corrected chi connectivity index (χ1v) is 15.7. The fourth-order valence-corrected chi connectivity index (χ4v) is 8.00. The smallest absolute Gasteiger partial charge is 0.351 e. The molecule has 0 unspecified atom stereocenters. The SMILES string of the molecule is COC(=O)c1sc(-c2cccc(NC3CCN(S(=O)(=O)Cc4ccc(Cl)c(Cl)c4)CC3)c2)c(Br)c1OC=C=O. The minimum Gasteiger partial charge on any atom is -0.465 e. The molecule has 2 heterocycles. The summed E-state index contributed by atoms with van der Waals surface area (Å²) in [5.74, 6) is 0.988. The van der Waals surface area contributed by atoms with Crippen molar-refractivity contribution in [2.45, 2.75) is 24.6 Å². The van der Waals surface area contributed by atoms with Crippen LogP contribution in [0.4, 0.5) is 5.69 Å². The number of nitrogens with one attached hydrogen (secondary N) is 1. The maximum atomic E-state index is 13.0. The summed E-state index contributed by atoms with van der Waals surface area (Å²) in [6.45, 7) is 0.788. The van der Waals surface area contributed by atoms with Gasteiger partial charge in [-0.2, -0.15) is 0 Å². The third kappa shape index (κ3) is 7.05. The number of methoxy groups -OCH3 is 1. The van der Waals surface area contributed by atoms with Crippen molar-refractivity contribution >= 4 is 78.1 Å². The van der Waals surface area contributed by atoms with E-state index < -0.39 is 16.0 Å². The zero-order valence-electron chi connectivity index (χ0n) is 20.6. The molecule has 1 saturated heterocycles. The third-order valence-corrected chi connectivity index (χ3v) is 10.9. The van der Waals surface area contributed by atoms with Gasteiger partial charge in [0.2, 0.25) is 10.0 Å². The van der Waals surface area contributed by atoms with Gasteiger partial charge < -0.3 is 14.8 Å². The Labute approximate surface area is 248 Å². The quantitative estimate of drug-likeness (QED) is 0.159. The second kappa shape index (κ2) is 12.9. The van der Waals surface area contributed by atoms with Gasteiger partial charge in [-0.05, 0) is 64.2 Å². The first kappa shape index (κ1) is 29.6. The van der Waals surface area contributed by atoms with Crippen molar-refractivity contribution in [3.8, 4) is 16.2 Å². The number of benzene rings is 2. The second-order valence-corrected chi connectivity index (χ2v) is 13.2. The lowest BCUT2D eigenvalue weighted by molar-refractivity contribution is 0.0603. The number of hydrogen-bond donors (Lipinski definition) is 1. The van der Waals surface area contributed by atoms with Crippen molar-refractivity contribution in [2.75, 3.05) is 25.5 Å². The number of piperidine rings is 1. The van der Waals surface area contributed by atoms with E-state index in [0.717, 1.165) is 22.4 Å². The second-order valence-electron chi connectivity index (χ2n) is 8.65. The molecule has 0 atom stereocenters. The molecule has 0 radical (unpaired) electrons. The molecule has 1 aliphatic heterocycles. The van der Waals surface area contributed by atoms with Crippen LogP contribution in [0.2, 0.25) is 10.0 Å². The zero-order valence-corrected chi connectivity index (χ0v) is 25.3. The summed E-state index contributed by atoms with van der Waals surface area (Å²) < 4.78 is 38.1. The Bertz CT molecular complexity index is 1530. The van der Waals surface area contributed by atoms with E-state index in [9.17, 15) is 18.0 Å². The van der Waals surface area contributed by atoms with E-state index in [4.69, 9.17) is 32.7 Å². The molecule has 206 valence electrons. The van der Waals surface area contributed by atoms with Crippen LogP contribution < -0.4 is 10.1 Å². The summed E-state index contributed by atoms with van der Waals surface area (Å²) in [4.78, 5) is 23.8. The van der Waals surface area contributed by atoms with E-state index in [1.807, 2.05) is 24.3 Å². The highest BCUT2D eigenvalue weighted by Crippen LogP contribution is 2.46. The average Bonchev–Trinajstić information content (AvgIpc) is 3.25. The van der Waals surface area contributed by atoms with Crippen molar-refractivity contribution in [3.63, 3.8) is 0 Å². The number of sulfonamides is 1. The Kier molecular flexibility index (Phi) is 9.77. The molecule has 0 spiro atoms. The molecule has 39 heavy (non-hydrogen) atoms. The molecular formula is C26H23BrCl2N2O6S2. The number of esters is 1. The number of ether oxygens (including phenoxy) is 2. The number of nitrogens with zero attached hydrogens (tertiary/aromatic N) is 1. The highest BCUT2D eigenvalue weighted by atomic mass is 79.9. The molecule has 0 aliphatic carbocycles. The van der Waals surface area contributed by atoms with Gasteiger partial charge in [-0.3, -0.25) is 0 Å². The summed E-state index contributed by atoms with van der Waals surface area (Å²) in [6.07, 6.45) is 2.10. The highest BCUT2D eigenvalue weighted by molar-refractivity contribution is 9.10. The van der Waals surface area contributed by atoms with Gasteiger partial charge in [0.1, 0.15) is 0 Å². The molecule has 0 amide bonds. The van der Waals surface area contributed by atoms with Crippen LogP contribution in [0.1, 0.15) is 28.1 Å². The summed E-state index contributed by atoms with van der Waals surface area (Å²) in [6, 6.07) is 12.5. The standard InChI is InChI=1S/C26H23BrCl2N2O6S2/c1-36-26(33)25-23(37-12-11-32)22(27)24(38-25)17-3-2-4-19(14-17)30-18-7-9-31(10-8-18)39(34,35)15-16-5-6-20(28)21(29)13-16/h2-6,12-14,18,30H,7-10,15H2,1H3. The molecular weight excluding hydrogens is 651 g/mol. The van der Waals surface area contributed by atoms with Crippen LogP contribution in [-0.4, -0.2) is 50.9 Å². The molecule has 0 saturated carbocycles. The van der Waals surface area contributed by atoms with Crippen LogP contribution in [0.15, 0.2) is 53.2 Å². The number of rotatable bonds is 9. The predicted molar refractivity (Wildman–Crippen MR) is 157 cm³/mol. The van der Waals surface area contributed by atoms with Crippen molar-refractivity contribution in [1.29, 1.82) is 0 Å². The molecule has 1 aliphatic rings. The average molecular weight is 674 g/mol. The minimum atomic E-state index is -3.50. The van der Waals surface area contributed by atoms with Gasteiger partial charge in [0.25, 0.3) is 0 Å². The van der Waals surface area contributed by atoms with Gasteiger partial charge in [-0.1, -0.05) is 41.4 Å². The van der Waals surface area contributed by atoms with Crippen LogP contribution in [0.3, 0.4) is 0 Å². The summed E-state index contributed by atoms with van der Waals surface area (Å²) in [5, 5.41) is 4.20. The summed E-state index contributed by atoms with van der Waals surface area (Å²) in [7, 11) is -2.24. The van der Waals surface area contributed by atoms with Gasteiger partial charge in [0, 0.05) is 24.8 Å². The maximum Gasteiger partial charge on any atom is 0.351 e. The molecule has 4 rings (SSSR count). The van der Waals surface area contributed by atoms with E-state index in [1.54, 1.807) is 18.2 Å². The lowest BCUT2D eigenvalue weighted by Crippen LogP contribution is -2.42. The van der Waals surface area contributed by atoms with Gasteiger partial charge in [0.15, 0.2) is 22.8 Å². The first-order chi connectivity index (χ1) is 18.6. The van der Waals surface area contributed by atoms with Crippen LogP contribution in [-0.2, 0) is 25.3 Å². The fourth-order valence-electron chi connectivity index (χ4n) is 4.19. The number of thiophene rings is 1. The Morgan fingerprint density at radius 3 is 2.62 bits per heavy atom. The van der Waals surface area contributed by atoms with Crippen molar-refractivity contribution in [3.05, 3.63) is 73.7 Å². The molecule has 1 fully saturated rings. The van der Waals surface area contributed by atoms with Crippen LogP contribution in [0, 0.1) is 0 Å². The van der Waals surface area contributed by atoms with E-state index in [0.29, 0.717) is 46.0 Å². The molecule has 1 aromatic heterocycles. The zero-order chi connectivity index (χ0) is 28.2. The van der Waals surface area contributed by atoms with Crippen molar-refractivity contribution < 1.29 is 27.5 Å². The van der Waals surface area contributed by atoms with Crippen molar-refractivity contribution in [2.24, 2.45) is 0 Å². The van der Waals surface area contributed by atoms with E-state index in [1.165, 1.54) is 28.7 Å². The first-order valence-electron chi connectivity index (χ1n) is 11.7. The highest BCUT2D eigenvalue weighted by Gasteiger charge is 2.29. The van der Waals surface area contributed by atoms with E-state index in [-0.39, 0.29) is 22.4 Å². The predicted octanol–water partition coefficient (Wildman–Crippen LogP) is 6.40. The Balaban J connectivity index is 1.44. The summed E-state index contributed by atoms with van der Waals surface area (Å²) >= 11 is 16.6. The van der Waals surface area contributed by atoms with Crippen LogP contribution in [0.25, 0.3) is 10.4 Å². The number of hydrogen-bond acceptors (Lipinski definition) is 8. The Morgan fingerprint density at radius 1 is 1.21 bits per heavy atom. The lowest BCUT2D eigenvalue weighted by Gasteiger charge is -2.32. The number of anilines is 1. The summed E-state index contributed by atoms with van der Waals surface area (Å²) in [5.41, 5.74) is 2.25. The Hall–Kier alpha value is -2.37. The molecule has 8 nitrogen and oxygen atoms in total. The van der Waals surface area contributed by atoms with Gasteiger partial charge in [-0.25, -0.2) is 22.3 Å².